The van der Waals surface area contributed by atoms with Crippen LogP contribution in [0, 0.1) is 11.7 Å². The lowest BCUT2D eigenvalue weighted by atomic mass is 9.89. The summed E-state index contributed by atoms with van der Waals surface area (Å²) in [4.78, 5) is 0. The van der Waals surface area contributed by atoms with Gasteiger partial charge in [0, 0.05) is 6.04 Å². The molecule has 0 aliphatic carbocycles. The Kier molecular flexibility index (Phi) is 5.93. The summed E-state index contributed by atoms with van der Waals surface area (Å²) in [5.41, 5.74) is 0.698. The normalized spacial score (nSPS) is 13.1. The number of halogens is 2. The standard InChI is InChI=1S/C14H21ClFN/c1-4-10(5-2)13(17-3)9-11-7-6-8-12(15)14(11)16/h6-8,10,13,17H,4-5,9H2,1-3H3. The van der Waals surface area contributed by atoms with Gasteiger partial charge < -0.3 is 5.32 Å². The minimum Gasteiger partial charge on any atom is -0.316 e. The zero-order valence-corrected chi connectivity index (χ0v) is 11.5. The second-order valence-electron chi connectivity index (χ2n) is 4.39. The van der Waals surface area contributed by atoms with E-state index in [1.165, 1.54) is 0 Å². The first kappa shape index (κ1) is 14.5. The van der Waals surface area contributed by atoms with E-state index in [2.05, 4.69) is 19.2 Å². The number of hydrogen-bond acceptors (Lipinski definition) is 1. The van der Waals surface area contributed by atoms with Crippen LogP contribution in [-0.2, 0) is 6.42 Å². The van der Waals surface area contributed by atoms with Crippen molar-refractivity contribution in [1.29, 1.82) is 0 Å². The fourth-order valence-corrected chi connectivity index (χ4v) is 2.50. The fraction of sp³-hybridized carbons (Fsp3) is 0.571. The minimum atomic E-state index is -0.277. The van der Waals surface area contributed by atoms with E-state index in [-0.39, 0.29) is 10.8 Å². The fourth-order valence-electron chi connectivity index (χ4n) is 2.31. The smallest absolute Gasteiger partial charge is 0.145 e. The topological polar surface area (TPSA) is 12.0 Å². The minimum absolute atomic E-state index is 0.210. The average molecular weight is 258 g/mol. The van der Waals surface area contributed by atoms with E-state index in [9.17, 15) is 4.39 Å². The molecule has 1 unspecified atom stereocenters. The molecule has 0 radical (unpaired) electrons. The van der Waals surface area contributed by atoms with Gasteiger partial charge in [0.15, 0.2) is 0 Å². The summed E-state index contributed by atoms with van der Waals surface area (Å²) in [6.07, 6.45) is 2.89. The molecule has 96 valence electrons. The van der Waals surface area contributed by atoms with Gasteiger partial charge in [-0.3, -0.25) is 0 Å². The molecule has 0 heterocycles. The number of benzene rings is 1. The van der Waals surface area contributed by atoms with Gasteiger partial charge in [-0.15, -0.1) is 0 Å². The molecule has 1 atom stereocenters. The van der Waals surface area contributed by atoms with Crippen LogP contribution in [0.1, 0.15) is 32.3 Å². The summed E-state index contributed by atoms with van der Waals surface area (Å²) in [6, 6.07) is 5.51. The van der Waals surface area contributed by atoms with Crippen LogP contribution in [0.5, 0.6) is 0 Å². The molecule has 17 heavy (non-hydrogen) atoms. The van der Waals surface area contributed by atoms with Crippen LogP contribution in [-0.4, -0.2) is 13.1 Å². The Bertz CT molecular complexity index is 350. The number of nitrogens with one attached hydrogen (secondary N) is 1. The quantitative estimate of drug-likeness (QED) is 0.811. The zero-order chi connectivity index (χ0) is 12.8. The SMILES string of the molecule is CCC(CC)C(Cc1cccc(Cl)c1F)NC. The van der Waals surface area contributed by atoms with E-state index in [0.29, 0.717) is 23.9 Å². The highest BCUT2D eigenvalue weighted by Gasteiger charge is 2.19. The van der Waals surface area contributed by atoms with Crippen molar-refractivity contribution < 1.29 is 4.39 Å². The lowest BCUT2D eigenvalue weighted by Gasteiger charge is -2.25. The lowest BCUT2D eigenvalue weighted by molar-refractivity contribution is 0.346. The Balaban J connectivity index is 2.83. The maximum atomic E-state index is 13.8. The highest BCUT2D eigenvalue weighted by atomic mass is 35.5. The summed E-state index contributed by atoms with van der Waals surface area (Å²) in [5, 5.41) is 3.50. The first-order valence-electron chi connectivity index (χ1n) is 6.24. The van der Waals surface area contributed by atoms with Crippen LogP contribution < -0.4 is 5.32 Å². The molecular weight excluding hydrogens is 237 g/mol. The van der Waals surface area contributed by atoms with Gasteiger partial charge in [0.1, 0.15) is 5.82 Å². The van der Waals surface area contributed by atoms with Crippen LogP contribution in [0.15, 0.2) is 18.2 Å². The summed E-state index contributed by atoms with van der Waals surface area (Å²) in [5.74, 6) is 0.291. The Morgan fingerprint density at radius 1 is 1.29 bits per heavy atom. The van der Waals surface area contributed by atoms with Gasteiger partial charge in [-0.05, 0) is 31.0 Å². The lowest BCUT2D eigenvalue weighted by Crippen LogP contribution is -2.35. The molecule has 0 saturated heterocycles. The highest BCUT2D eigenvalue weighted by Crippen LogP contribution is 2.22. The predicted octanol–water partition coefficient (Wildman–Crippen LogP) is 4.05. The van der Waals surface area contributed by atoms with E-state index in [1.54, 1.807) is 12.1 Å². The molecular formula is C14H21ClFN. The van der Waals surface area contributed by atoms with Crippen molar-refractivity contribution in [2.75, 3.05) is 7.05 Å². The van der Waals surface area contributed by atoms with Gasteiger partial charge in [-0.1, -0.05) is 50.4 Å². The van der Waals surface area contributed by atoms with Crippen molar-refractivity contribution in [3.8, 4) is 0 Å². The summed E-state index contributed by atoms with van der Waals surface area (Å²) in [7, 11) is 1.94. The average Bonchev–Trinajstić information content (AvgIpc) is 2.34. The largest absolute Gasteiger partial charge is 0.316 e. The molecule has 0 aromatic heterocycles. The van der Waals surface area contributed by atoms with Gasteiger partial charge in [-0.25, -0.2) is 4.39 Å². The maximum absolute atomic E-state index is 13.8. The first-order valence-corrected chi connectivity index (χ1v) is 6.61. The van der Waals surface area contributed by atoms with Gasteiger partial charge in [0.2, 0.25) is 0 Å². The van der Waals surface area contributed by atoms with Crippen molar-refractivity contribution in [2.45, 2.75) is 39.2 Å². The van der Waals surface area contributed by atoms with E-state index < -0.39 is 0 Å². The molecule has 0 saturated carbocycles. The van der Waals surface area contributed by atoms with Crippen molar-refractivity contribution in [2.24, 2.45) is 5.92 Å². The van der Waals surface area contributed by atoms with Crippen LogP contribution in [0.4, 0.5) is 4.39 Å². The first-order chi connectivity index (χ1) is 8.13. The molecule has 1 nitrogen and oxygen atoms in total. The van der Waals surface area contributed by atoms with Gasteiger partial charge in [0.25, 0.3) is 0 Å². The molecule has 3 heteroatoms. The monoisotopic (exact) mass is 257 g/mol. The molecule has 1 N–H and O–H groups in total. The molecule has 0 amide bonds. The third-order valence-corrected chi connectivity index (χ3v) is 3.75. The van der Waals surface area contributed by atoms with Gasteiger partial charge in [0.05, 0.1) is 5.02 Å². The molecule has 1 aromatic rings. The van der Waals surface area contributed by atoms with E-state index in [0.717, 1.165) is 12.8 Å². The zero-order valence-electron chi connectivity index (χ0n) is 10.8. The Morgan fingerprint density at radius 2 is 1.94 bits per heavy atom. The molecule has 0 bridgehead atoms. The molecule has 0 aliphatic rings. The number of likely N-dealkylation sites (N-methyl/N-ethyl adjacent to an activating group) is 1. The van der Waals surface area contributed by atoms with E-state index in [4.69, 9.17) is 11.6 Å². The van der Waals surface area contributed by atoms with Crippen molar-refractivity contribution >= 4 is 11.6 Å². The third kappa shape index (κ3) is 3.68. The summed E-state index contributed by atoms with van der Waals surface area (Å²) >= 11 is 5.79. The van der Waals surface area contributed by atoms with Crippen molar-refractivity contribution in [3.05, 3.63) is 34.6 Å². The second-order valence-corrected chi connectivity index (χ2v) is 4.80. The molecule has 1 aromatic carbocycles. The Labute approximate surface area is 108 Å². The number of hydrogen-bond donors (Lipinski definition) is 1. The predicted molar refractivity (Wildman–Crippen MR) is 72.0 cm³/mol. The van der Waals surface area contributed by atoms with Crippen molar-refractivity contribution in [3.63, 3.8) is 0 Å². The number of rotatable bonds is 6. The van der Waals surface area contributed by atoms with Crippen molar-refractivity contribution in [1.82, 2.24) is 5.32 Å². The van der Waals surface area contributed by atoms with Gasteiger partial charge >= 0.3 is 0 Å². The molecule has 0 aliphatic heterocycles. The third-order valence-electron chi connectivity index (χ3n) is 3.46. The van der Waals surface area contributed by atoms with Gasteiger partial charge in [-0.2, -0.15) is 0 Å². The van der Waals surface area contributed by atoms with Crippen LogP contribution >= 0.6 is 11.6 Å². The molecule has 1 rings (SSSR count). The molecule has 0 spiro atoms. The maximum Gasteiger partial charge on any atom is 0.145 e. The van der Waals surface area contributed by atoms with E-state index >= 15 is 0 Å². The Morgan fingerprint density at radius 3 is 2.47 bits per heavy atom. The Hall–Kier alpha value is -0.600. The second kappa shape index (κ2) is 6.97. The molecule has 0 fully saturated rings. The van der Waals surface area contributed by atoms with Crippen LogP contribution in [0.3, 0.4) is 0 Å². The van der Waals surface area contributed by atoms with Crippen LogP contribution in [0.25, 0.3) is 0 Å². The summed E-state index contributed by atoms with van der Waals surface area (Å²) < 4.78 is 13.8. The van der Waals surface area contributed by atoms with Crippen LogP contribution in [0.2, 0.25) is 5.02 Å². The highest BCUT2D eigenvalue weighted by molar-refractivity contribution is 6.30. The van der Waals surface area contributed by atoms with E-state index in [1.807, 2.05) is 13.1 Å². The summed E-state index contributed by atoms with van der Waals surface area (Å²) in [6.45, 7) is 4.35.